The number of rotatable bonds is 5. The molecule has 0 radical (unpaired) electrons. The second kappa shape index (κ2) is 5.97. The molecule has 2 N–H and O–H groups in total. The topological polar surface area (TPSA) is 68.3 Å². The fourth-order valence-corrected chi connectivity index (χ4v) is 1.96. The minimum Gasteiger partial charge on any atom is -0.475 e. The maximum absolute atomic E-state index is 5.53. The van der Waals surface area contributed by atoms with E-state index in [0.29, 0.717) is 5.88 Å². The maximum Gasteiger partial charge on any atom is 0.218 e. The van der Waals surface area contributed by atoms with Crippen LogP contribution < -0.4 is 15.4 Å². The van der Waals surface area contributed by atoms with Crippen LogP contribution in [-0.4, -0.2) is 48.4 Å². The monoisotopic (exact) mass is 252 g/mol. The predicted molar refractivity (Wildman–Crippen MR) is 68.9 cm³/mol. The zero-order chi connectivity index (χ0) is 13.0. The second-order valence-electron chi connectivity index (χ2n) is 4.59. The molecule has 100 valence electrons. The molecule has 1 aliphatic rings. The Balaban J connectivity index is 2.00. The van der Waals surface area contributed by atoms with Gasteiger partial charge in [0.25, 0.3) is 0 Å². The molecule has 1 fully saturated rings. The van der Waals surface area contributed by atoms with Gasteiger partial charge in [0.05, 0.1) is 18.2 Å². The Morgan fingerprint density at radius 2 is 2.22 bits per heavy atom. The van der Waals surface area contributed by atoms with Gasteiger partial charge in [0, 0.05) is 26.3 Å². The highest BCUT2D eigenvalue weighted by molar-refractivity contribution is 5.39. The van der Waals surface area contributed by atoms with Crippen LogP contribution in [0.2, 0.25) is 0 Å². The Bertz CT molecular complexity index is 386. The summed E-state index contributed by atoms with van der Waals surface area (Å²) in [5.41, 5.74) is 0. The number of methoxy groups -OCH3 is 1. The number of ether oxygens (including phenoxy) is 2. The van der Waals surface area contributed by atoms with Crippen molar-refractivity contribution in [2.24, 2.45) is 0 Å². The van der Waals surface area contributed by atoms with Crippen LogP contribution in [0.15, 0.2) is 12.4 Å². The number of anilines is 1. The minimum atomic E-state index is 0.104. The van der Waals surface area contributed by atoms with Gasteiger partial charge in [0.1, 0.15) is 12.1 Å². The first-order valence-electron chi connectivity index (χ1n) is 6.18. The summed E-state index contributed by atoms with van der Waals surface area (Å²) in [6, 6.07) is 2.03. The normalized spacial score (nSPS) is 23.3. The molecule has 6 nitrogen and oxygen atoms in total. The molecule has 0 aliphatic carbocycles. The third-order valence-corrected chi connectivity index (χ3v) is 2.79. The second-order valence-corrected chi connectivity index (χ2v) is 4.59. The standard InChI is InChI=1S/C12H20N4O2/c1-8(2)18-12-4-11(14-7-15-12)16-9-5-13-6-10(9)17-3/h4,7-10,13H,5-6H2,1-3H3,(H,14,15,16)/t9?,10-/m0/s1. The molecular formula is C12H20N4O2. The van der Waals surface area contributed by atoms with Crippen molar-refractivity contribution < 1.29 is 9.47 Å². The molecule has 6 heteroatoms. The quantitative estimate of drug-likeness (QED) is 0.802. The van der Waals surface area contributed by atoms with E-state index in [1.165, 1.54) is 6.33 Å². The van der Waals surface area contributed by atoms with Gasteiger partial charge >= 0.3 is 0 Å². The zero-order valence-corrected chi connectivity index (χ0v) is 11.0. The average molecular weight is 252 g/mol. The van der Waals surface area contributed by atoms with E-state index in [-0.39, 0.29) is 18.2 Å². The van der Waals surface area contributed by atoms with E-state index < -0.39 is 0 Å². The molecule has 0 saturated carbocycles. The summed E-state index contributed by atoms with van der Waals surface area (Å²) in [5, 5.41) is 6.62. The van der Waals surface area contributed by atoms with Crippen LogP contribution in [0.25, 0.3) is 0 Å². The molecule has 0 amide bonds. The Morgan fingerprint density at radius 3 is 2.94 bits per heavy atom. The molecule has 1 aromatic heterocycles. The lowest BCUT2D eigenvalue weighted by Crippen LogP contribution is -2.33. The molecule has 1 aliphatic heterocycles. The van der Waals surface area contributed by atoms with Gasteiger partial charge in [-0.3, -0.25) is 0 Å². The van der Waals surface area contributed by atoms with Crippen molar-refractivity contribution in [2.75, 3.05) is 25.5 Å². The fraction of sp³-hybridized carbons (Fsp3) is 0.667. The average Bonchev–Trinajstić information content (AvgIpc) is 2.76. The smallest absolute Gasteiger partial charge is 0.218 e. The summed E-state index contributed by atoms with van der Waals surface area (Å²) < 4.78 is 10.9. The van der Waals surface area contributed by atoms with Gasteiger partial charge in [0.2, 0.25) is 5.88 Å². The van der Waals surface area contributed by atoms with Gasteiger partial charge in [-0.15, -0.1) is 0 Å². The fourth-order valence-electron chi connectivity index (χ4n) is 1.96. The van der Waals surface area contributed by atoms with Crippen LogP contribution >= 0.6 is 0 Å². The number of hydrogen-bond acceptors (Lipinski definition) is 6. The van der Waals surface area contributed by atoms with Crippen molar-refractivity contribution in [3.8, 4) is 5.88 Å². The van der Waals surface area contributed by atoms with E-state index >= 15 is 0 Å². The Morgan fingerprint density at radius 1 is 1.39 bits per heavy atom. The van der Waals surface area contributed by atoms with Crippen LogP contribution in [-0.2, 0) is 4.74 Å². The van der Waals surface area contributed by atoms with Crippen molar-refractivity contribution in [3.05, 3.63) is 12.4 Å². The summed E-state index contributed by atoms with van der Waals surface area (Å²) in [6.45, 7) is 5.66. The molecule has 1 saturated heterocycles. The summed E-state index contributed by atoms with van der Waals surface area (Å²) in [6.07, 6.45) is 1.77. The van der Waals surface area contributed by atoms with E-state index in [1.807, 2.05) is 19.9 Å². The molecule has 0 bridgehead atoms. The molecule has 18 heavy (non-hydrogen) atoms. The molecule has 0 aromatic carbocycles. The first kappa shape index (κ1) is 13.0. The van der Waals surface area contributed by atoms with E-state index in [0.717, 1.165) is 18.9 Å². The van der Waals surface area contributed by atoms with Crippen LogP contribution in [0.4, 0.5) is 5.82 Å². The van der Waals surface area contributed by atoms with Crippen LogP contribution in [0, 0.1) is 0 Å². The third-order valence-electron chi connectivity index (χ3n) is 2.79. The highest BCUT2D eigenvalue weighted by atomic mass is 16.5. The number of nitrogens with zero attached hydrogens (tertiary/aromatic N) is 2. The molecule has 1 unspecified atom stereocenters. The SMILES string of the molecule is CO[C@H]1CNCC1Nc1cc(OC(C)C)ncn1. The summed E-state index contributed by atoms with van der Waals surface area (Å²) >= 11 is 0. The maximum atomic E-state index is 5.53. The molecule has 1 aromatic rings. The van der Waals surface area contributed by atoms with Crippen molar-refractivity contribution in [1.82, 2.24) is 15.3 Å². The Kier molecular flexibility index (Phi) is 4.33. The predicted octanol–water partition coefficient (Wildman–Crippen LogP) is 0.662. The first-order valence-corrected chi connectivity index (χ1v) is 6.18. The van der Waals surface area contributed by atoms with Crippen molar-refractivity contribution in [2.45, 2.75) is 32.1 Å². The van der Waals surface area contributed by atoms with Crippen molar-refractivity contribution in [3.63, 3.8) is 0 Å². The van der Waals surface area contributed by atoms with Gasteiger partial charge < -0.3 is 20.1 Å². The highest BCUT2D eigenvalue weighted by Gasteiger charge is 2.26. The molecule has 0 spiro atoms. The Hall–Kier alpha value is -1.40. The lowest BCUT2D eigenvalue weighted by Gasteiger charge is -2.19. The summed E-state index contributed by atoms with van der Waals surface area (Å²) in [5.74, 6) is 1.35. The number of aromatic nitrogens is 2. The molecule has 2 atom stereocenters. The molecule has 2 rings (SSSR count). The molecular weight excluding hydrogens is 232 g/mol. The van der Waals surface area contributed by atoms with Crippen LogP contribution in [0.1, 0.15) is 13.8 Å². The molecule has 2 heterocycles. The minimum absolute atomic E-state index is 0.104. The van der Waals surface area contributed by atoms with Crippen LogP contribution in [0.5, 0.6) is 5.88 Å². The van der Waals surface area contributed by atoms with Gasteiger partial charge in [-0.2, -0.15) is 0 Å². The first-order chi connectivity index (χ1) is 8.69. The third kappa shape index (κ3) is 3.30. The van der Waals surface area contributed by atoms with Crippen LogP contribution in [0.3, 0.4) is 0 Å². The van der Waals surface area contributed by atoms with Crippen molar-refractivity contribution in [1.29, 1.82) is 0 Å². The highest BCUT2D eigenvalue weighted by Crippen LogP contribution is 2.15. The van der Waals surface area contributed by atoms with Gasteiger partial charge in [0.15, 0.2) is 0 Å². The summed E-state index contributed by atoms with van der Waals surface area (Å²) in [4.78, 5) is 8.27. The van der Waals surface area contributed by atoms with E-state index in [1.54, 1.807) is 7.11 Å². The zero-order valence-electron chi connectivity index (χ0n) is 11.0. The van der Waals surface area contributed by atoms with Gasteiger partial charge in [-0.1, -0.05) is 0 Å². The summed E-state index contributed by atoms with van der Waals surface area (Å²) in [7, 11) is 1.72. The largest absolute Gasteiger partial charge is 0.475 e. The van der Waals surface area contributed by atoms with Gasteiger partial charge in [-0.25, -0.2) is 9.97 Å². The lowest BCUT2D eigenvalue weighted by molar-refractivity contribution is 0.111. The van der Waals surface area contributed by atoms with Gasteiger partial charge in [-0.05, 0) is 13.8 Å². The van der Waals surface area contributed by atoms with E-state index in [4.69, 9.17) is 9.47 Å². The lowest BCUT2D eigenvalue weighted by atomic mass is 10.2. The van der Waals surface area contributed by atoms with E-state index in [2.05, 4.69) is 20.6 Å². The number of hydrogen-bond donors (Lipinski definition) is 2. The van der Waals surface area contributed by atoms with Crippen molar-refractivity contribution >= 4 is 5.82 Å². The number of nitrogens with one attached hydrogen (secondary N) is 2. The van der Waals surface area contributed by atoms with E-state index in [9.17, 15) is 0 Å². The Labute approximate surface area is 107 Å².